The molecular weight excluding hydrogens is 293 g/mol. The van der Waals surface area contributed by atoms with Gasteiger partial charge in [-0.05, 0) is 18.6 Å². The Morgan fingerprint density at radius 1 is 1.29 bits per heavy atom. The van der Waals surface area contributed by atoms with Gasteiger partial charge in [-0.2, -0.15) is 0 Å². The summed E-state index contributed by atoms with van der Waals surface area (Å²) in [5.74, 6) is -0.839. The topological polar surface area (TPSA) is 35.6 Å². The summed E-state index contributed by atoms with van der Waals surface area (Å²) in [6.07, 6.45) is 0.942. The van der Waals surface area contributed by atoms with Crippen LogP contribution >= 0.6 is 11.6 Å². The molecule has 0 aromatic heterocycles. The third-order valence-electron chi connectivity index (χ3n) is 4.30. The van der Waals surface area contributed by atoms with Crippen molar-refractivity contribution in [3.05, 3.63) is 34.6 Å². The molecule has 1 N–H and O–H groups in total. The summed E-state index contributed by atoms with van der Waals surface area (Å²) in [5.41, 5.74) is 0.000118. The molecule has 0 saturated carbocycles. The zero-order chi connectivity index (χ0) is 14.8. The number of amides is 1. The van der Waals surface area contributed by atoms with Crippen LogP contribution in [0.3, 0.4) is 0 Å². The monoisotopic (exact) mass is 311 g/mol. The van der Waals surface area contributed by atoms with Gasteiger partial charge < -0.3 is 10.2 Å². The first-order chi connectivity index (χ1) is 10.2. The minimum atomic E-state index is -0.543. The van der Waals surface area contributed by atoms with Crippen molar-refractivity contribution >= 4 is 17.5 Å². The van der Waals surface area contributed by atoms with Crippen molar-refractivity contribution in [2.24, 2.45) is 0 Å². The van der Waals surface area contributed by atoms with Crippen LogP contribution in [-0.2, 0) is 0 Å². The van der Waals surface area contributed by atoms with Crippen molar-refractivity contribution in [1.29, 1.82) is 0 Å². The van der Waals surface area contributed by atoms with Gasteiger partial charge in [0.1, 0.15) is 5.82 Å². The van der Waals surface area contributed by atoms with Gasteiger partial charge in [0.2, 0.25) is 0 Å². The van der Waals surface area contributed by atoms with Crippen LogP contribution in [0.15, 0.2) is 18.2 Å². The van der Waals surface area contributed by atoms with Crippen molar-refractivity contribution in [3.63, 3.8) is 0 Å². The number of nitrogens with zero attached hydrogens (tertiary/aromatic N) is 2. The van der Waals surface area contributed by atoms with Gasteiger partial charge in [0.25, 0.3) is 5.91 Å². The van der Waals surface area contributed by atoms with Crippen molar-refractivity contribution in [2.45, 2.75) is 12.5 Å². The molecule has 0 radical (unpaired) electrons. The van der Waals surface area contributed by atoms with E-state index in [4.69, 9.17) is 11.6 Å². The van der Waals surface area contributed by atoms with Gasteiger partial charge in [-0.3, -0.25) is 9.69 Å². The Bertz CT molecular complexity index is 513. The van der Waals surface area contributed by atoms with Crippen molar-refractivity contribution in [1.82, 2.24) is 15.1 Å². The summed E-state index contributed by atoms with van der Waals surface area (Å²) < 4.78 is 13.9. The van der Waals surface area contributed by atoms with Gasteiger partial charge >= 0.3 is 0 Å². The van der Waals surface area contributed by atoms with Gasteiger partial charge in [-0.1, -0.05) is 17.7 Å². The lowest BCUT2D eigenvalue weighted by Crippen LogP contribution is -2.49. The van der Waals surface area contributed by atoms with Crippen LogP contribution in [-0.4, -0.2) is 61.0 Å². The molecule has 6 heteroatoms. The predicted molar refractivity (Wildman–Crippen MR) is 80.2 cm³/mol. The van der Waals surface area contributed by atoms with Crippen LogP contribution in [0.5, 0.6) is 0 Å². The average molecular weight is 312 g/mol. The maximum Gasteiger partial charge on any atom is 0.258 e. The molecule has 1 atom stereocenters. The summed E-state index contributed by atoms with van der Waals surface area (Å²) in [6.45, 7) is 5.31. The Morgan fingerprint density at radius 2 is 2.05 bits per heavy atom. The molecular formula is C15H19ClFN3O. The van der Waals surface area contributed by atoms with Gasteiger partial charge in [-0.15, -0.1) is 0 Å². The maximum absolute atomic E-state index is 13.9. The number of carbonyl (C=O) groups excluding carboxylic acids is 1. The zero-order valence-electron chi connectivity index (χ0n) is 11.8. The highest BCUT2D eigenvalue weighted by Crippen LogP contribution is 2.24. The minimum absolute atomic E-state index is 0.000118. The Labute approximate surface area is 128 Å². The third kappa shape index (κ3) is 3.05. The lowest BCUT2D eigenvalue weighted by Gasteiger charge is -2.32. The highest BCUT2D eigenvalue weighted by atomic mass is 35.5. The first kappa shape index (κ1) is 14.8. The largest absolute Gasteiger partial charge is 0.337 e. The van der Waals surface area contributed by atoms with Gasteiger partial charge in [0.05, 0.1) is 10.6 Å². The summed E-state index contributed by atoms with van der Waals surface area (Å²) in [5, 5.41) is 3.51. The van der Waals surface area contributed by atoms with Gasteiger partial charge in [-0.25, -0.2) is 4.39 Å². The van der Waals surface area contributed by atoms with Crippen LogP contribution < -0.4 is 5.32 Å². The van der Waals surface area contributed by atoms with Crippen molar-refractivity contribution < 1.29 is 9.18 Å². The summed E-state index contributed by atoms with van der Waals surface area (Å²) >= 11 is 5.98. The Kier molecular flexibility index (Phi) is 4.42. The van der Waals surface area contributed by atoms with E-state index in [0.717, 1.165) is 32.6 Å². The normalized spacial score (nSPS) is 23.5. The number of halogens is 2. The number of rotatable bonds is 2. The van der Waals surface area contributed by atoms with E-state index in [1.54, 1.807) is 11.0 Å². The molecule has 2 saturated heterocycles. The number of hydrogen-bond acceptors (Lipinski definition) is 3. The van der Waals surface area contributed by atoms with Crippen LogP contribution in [0.2, 0.25) is 5.02 Å². The maximum atomic E-state index is 13.9. The standard InChI is InChI=1S/C15H19ClFN3O/c16-12-2-1-3-13(17)14(12)15(21)20-7-4-11(10-20)19-8-5-18-6-9-19/h1-3,11,18H,4-10H2. The van der Waals surface area contributed by atoms with Crippen molar-refractivity contribution in [3.8, 4) is 0 Å². The molecule has 2 heterocycles. The van der Waals surface area contributed by atoms with E-state index in [1.807, 2.05) is 0 Å². The molecule has 114 valence electrons. The van der Waals surface area contributed by atoms with E-state index in [-0.39, 0.29) is 16.5 Å². The molecule has 1 aromatic rings. The number of benzene rings is 1. The van der Waals surface area contributed by atoms with Crippen LogP contribution in [0.25, 0.3) is 0 Å². The molecule has 0 spiro atoms. The Balaban J connectivity index is 1.69. The van der Waals surface area contributed by atoms with Crippen LogP contribution in [0.1, 0.15) is 16.8 Å². The highest BCUT2D eigenvalue weighted by molar-refractivity contribution is 6.33. The number of nitrogens with one attached hydrogen (secondary N) is 1. The smallest absolute Gasteiger partial charge is 0.258 e. The first-order valence-electron chi connectivity index (χ1n) is 7.35. The zero-order valence-corrected chi connectivity index (χ0v) is 12.6. The van der Waals surface area contributed by atoms with E-state index >= 15 is 0 Å². The van der Waals surface area contributed by atoms with E-state index in [9.17, 15) is 9.18 Å². The fourth-order valence-electron chi connectivity index (χ4n) is 3.13. The molecule has 2 fully saturated rings. The molecule has 4 nitrogen and oxygen atoms in total. The molecule has 3 rings (SSSR count). The molecule has 2 aliphatic rings. The van der Waals surface area contributed by atoms with E-state index in [1.165, 1.54) is 12.1 Å². The van der Waals surface area contributed by atoms with E-state index < -0.39 is 5.82 Å². The molecule has 0 aliphatic carbocycles. The molecule has 2 aliphatic heterocycles. The van der Waals surface area contributed by atoms with E-state index in [0.29, 0.717) is 19.1 Å². The minimum Gasteiger partial charge on any atom is -0.337 e. The Hall–Kier alpha value is -1.17. The highest BCUT2D eigenvalue weighted by Gasteiger charge is 2.32. The lowest BCUT2D eigenvalue weighted by molar-refractivity contribution is 0.0769. The fourth-order valence-corrected chi connectivity index (χ4v) is 3.38. The number of likely N-dealkylation sites (tertiary alicyclic amines) is 1. The summed E-state index contributed by atoms with van der Waals surface area (Å²) in [6, 6.07) is 4.73. The SMILES string of the molecule is O=C(c1c(F)cccc1Cl)N1CCC(N2CCNCC2)C1. The van der Waals surface area contributed by atoms with Crippen LogP contribution in [0, 0.1) is 5.82 Å². The molecule has 1 aromatic carbocycles. The van der Waals surface area contributed by atoms with E-state index in [2.05, 4.69) is 10.2 Å². The fraction of sp³-hybridized carbons (Fsp3) is 0.533. The molecule has 0 bridgehead atoms. The molecule has 1 amide bonds. The summed E-state index contributed by atoms with van der Waals surface area (Å²) in [7, 11) is 0. The van der Waals surface area contributed by atoms with Gasteiger partial charge in [0, 0.05) is 45.3 Å². The average Bonchev–Trinajstić information content (AvgIpc) is 2.97. The second-order valence-electron chi connectivity index (χ2n) is 5.58. The van der Waals surface area contributed by atoms with Gasteiger partial charge in [0.15, 0.2) is 0 Å². The second kappa shape index (κ2) is 6.30. The number of piperazine rings is 1. The number of carbonyl (C=O) groups is 1. The Morgan fingerprint density at radius 3 is 2.76 bits per heavy atom. The van der Waals surface area contributed by atoms with Crippen molar-refractivity contribution in [2.75, 3.05) is 39.3 Å². The third-order valence-corrected chi connectivity index (χ3v) is 4.61. The number of hydrogen-bond donors (Lipinski definition) is 1. The first-order valence-corrected chi connectivity index (χ1v) is 7.72. The molecule has 21 heavy (non-hydrogen) atoms. The predicted octanol–water partition coefficient (Wildman–Crippen LogP) is 1.60. The summed E-state index contributed by atoms with van der Waals surface area (Å²) in [4.78, 5) is 16.6. The lowest BCUT2D eigenvalue weighted by atomic mass is 10.2. The second-order valence-corrected chi connectivity index (χ2v) is 5.98. The van der Waals surface area contributed by atoms with Crippen LogP contribution in [0.4, 0.5) is 4.39 Å². The quantitative estimate of drug-likeness (QED) is 0.901. The molecule has 1 unspecified atom stereocenters.